The molecule has 2 aromatic rings. The highest BCUT2D eigenvalue weighted by molar-refractivity contribution is 6.10. The third-order valence-corrected chi connectivity index (χ3v) is 8.05. The lowest BCUT2D eigenvalue weighted by Gasteiger charge is -2.34. The molecule has 3 heterocycles. The Kier molecular flexibility index (Phi) is 6.37. The fraction of sp³-hybridized carbons (Fsp3) is 0.640. The molecule has 188 valence electrons. The number of aliphatic carboxylic acids is 1. The lowest BCUT2D eigenvalue weighted by atomic mass is 9.75. The smallest absolute Gasteiger partial charge is 0.306 e. The Balaban J connectivity index is 1.38. The molecule has 2 aromatic heterocycles. The quantitative estimate of drug-likeness (QED) is 0.576. The van der Waals surface area contributed by atoms with E-state index in [1.54, 1.807) is 7.05 Å². The van der Waals surface area contributed by atoms with Crippen molar-refractivity contribution < 1.29 is 19.5 Å². The van der Waals surface area contributed by atoms with E-state index in [0.717, 1.165) is 73.1 Å². The second-order valence-corrected chi connectivity index (χ2v) is 10.2. The number of carbonyl (C=O) groups excluding carboxylic acids is 1. The summed E-state index contributed by atoms with van der Waals surface area (Å²) in [6.45, 7) is 2.76. The summed E-state index contributed by atoms with van der Waals surface area (Å²) >= 11 is 0. The summed E-state index contributed by atoms with van der Waals surface area (Å²) in [7, 11) is 1.69. The van der Waals surface area contributed by atoms with Gasteiger partial charge in [0.15, 0.2) is 5.65 Å². The number of aromatic nitrogens is 3. The van der Waals surface area contributed by atoms with Crippen molar-refractivity contribution in [2.75, 3.05) is 12.4 Å². The van der Waals surface area contributed by atoms with E-state index in [0.29, 0.717) is 19.3 Å². The molecule has 2 fully saturated rings. The number of aryl methyl sites for hydroxylation is 1. The number of nitrogens with zero attached hydrogens (tertiary/aromatic N) is 4. The first-order valence-corrected chi connectivity index (χ1v) is 12.7. The molecular formula is C25H34N6O4. The Morgan fingerprint density at radius 3 is 2.54 bits per heavy atom. The summed E-state index contributed by atoms with van der Waals surface area (Å²) < 4.78 is 1.88. The topological polar surface area (TPSA) is 131 Å². The molecule has 3 N–H and O–H groups in total. The van der Waals surface area contributed by atoms with Crippen LogP contribution in [0.5, 0.6) is 0 Å². The van der Waals surface area contributed by atoms with E-state index in [4.69, 9.17) is 9.82 Å². The fourth-order valence-corrected chi connectivity index (χ4v) is 5.87. The van der Waals surface area contributed by atoms with Crippen LogP contribution in [0.25, 0.3) is 11.0 Å². The average molecular weight is 483 g/mol. The van der Waals surface area contributed by atoms with Crippen molar-refractivity contribution in [2.24, 2.45) is 17.0 Å². The van der Waals surface area contributed by atoms with Gasteiger partial charge in [-0.15, -0.1) is 0 Å². The normalized spacial score (nSPS) is 28.5. The van der Waals surface area contributed by atoms with Gasteiger partial charge in [-0.2, -0.15) is 5.10 Å². The Hall–Kier alpha value is -3.17. The molecule has 3 aliphatic rings. The van der Waals surface area contributed by atoms with Gasteiger partial charge in [0.05, 0.1) is 28.9 Å². The number of carboxylic acid groups (broad SMARTS) is 1. The average Bonchev–Trinajstić information content (AvgIpc) is 3.49. The first kappa shape index (κ1) is 23.6. The largest absolute Gasteiger partial charge is 0.481 e. The van der Waals surface area contributed by atoms with Crippen LogP contribution in [-0.4, -0.2) is 56.1 Å². The summed E-state index contributed by atoms with van der Waals surface area (Å²) in [6.07, 6.45) is 10.5. The lowest BCUT2D eigenvalue weighted by molar-refractivity contribution is -0.142. The molecule has 1 aliphatic heterocycles. The Labute approximate surface area is 204 Å². The van der Waals surface area contributed by atoms with Crippen LogP contribution >= 0.6 is 0 Å². The van der Waals surface area contributed by atoms with Crippen molar-refractivity contribution in [1.82, 2.24) is 20.1 Å². The van der Waals surface area contributed by atoms with Crippen LogP contribution in [0.2, 0.25) is 0 Å². The van der Waals surface area contributed by atoms with E-state index >= 15 is 0 Å². The van der Waals surface area contributed by atoms with Crippen molar-refractivity contribution in [2.45, 2.75) is 82.9 Å². The van der Waals surface area contributed by atoms with Crippen LogP contribution in [0, 0.1) is 11.8 Å². The van der Waals surface area contributed by atoms with E-state index in [1.807, 2.05) is 24.0 Å². The SMILES string of the molecule is CCn1ncc2c(NC3CCC(C(=O)O)CC3)c(C3=NOC4(CCC(C(=O)NC)CC4)C3)cnc21. The molecule has 35 heavy (non-hydrogen) atoms. The van der Waals surface area contributed by atoms with Gasteiger partial charge in [0.2, 0.25) is 5.91 Å². The first-order valence-electron chi connectivity index (χ1n) is 12.7. The summed E-state index contributed by atoms with van der Waals surface area (Å²) in [5, 5.41) is 25.8. The van der Waals surface area contributed by atoms with Gasteiger partial charge >= 0.3 is 5.97 Å². The predicted octanol–water partition coefficient (Wildman–Crippen LogP) is 3.31. The van der Waals surface area contributed by atoms with Gasteiger partial charge in [-0.1, -0.05) is 5.16 Å². The third kappa shape index (κ3) is 4.46. The van der Waals surface area contributed by atoms with Crippen LogP contribution in [0.15, 0.2) is 17.5 Å². The molecule has 10 heteroatoms. The number of rotatable bonds is 6. The third-order valence-electron chi connectivity index (χ3n) is 8.05. The molecule has 1 amide bonds. The minimum Gasteiger partial charge on any atom is -0.481 e. The summed E-state index contributed by atoms with van der Waals surface area (Å²) in [6, 6.07) is 0.180. The lowest BCUT2D eigenvalue weighted by Crippen LogP contribution is -2.39. The minimum atomic E-state index is -0.700. The number of carboxylic acids is 1. The van der Waals surface area contributed by atoms with E-state index in [1.165, 1.54) is 0 Å². The van der Waals surface area contributed by atoms with E-state index in [-0.39, 0.29) is 29.4 Å². The van der Waals surface area contributed by atoms with Crippen LogP contribution in [0.1, 0.15) is 70.3 Å². The Morgan fingerprint density at radius 1 is 1.14 bits per heavy atom. The second-order valence-electron chi connectivity index (χ2n) is 10.2. The molecular weight excluding hydrogens is 448 g/mol. The number of anilines is 1. The summed E-state index contributed by atoms with van der Waals surface area (Å²) in [4.78, 5) is 34.2. The summed E-state index contributed by atoms with van der Waals surface area (Å²) in [5.74, 6) is -0.821. The van der Waals surface area contributed by atoms with E-state index in [9.17, 15) is 14.7 Å². The van der Waals surface area contributed by atoms with Gasteiger partial charge in [-0.05, 0) is 58.3 Å². The molecule has 0 unspecified atom stereocenters. The molecule has 0 aromatic carbocycles. The molecule has 1 spiro atoms. The van der Waals surface area contributed by atoms with Crippen LogP contribution in [-0.2, 0) is 21.0 Å². The minimum absolute atomic E-state index is 0.0364. The van der Waals surface area contributed by atoms with Gasteiger partial charge in [0.25, 0.3) is 0 Å². The van der Waals surface area contributed by atoms with E-state index < -0.39 is 5.97 Å². The highest BCUT2D eigenvalue weighted by atomic mass is 16.7. The van der Waals surface area contributed by atoms with Gasteiger partial charge in [0.1, 0.15) is 5.60 Å². The van der Waals surface area contributed by atoms with Gasteiger partial charge in [-0.3, -0.25) is 9.59 Å². The van der Waals surface area contributed by atoms with Crippen LogP contribution in [0.3, 0.4) is 0 Å². The van der Waals surface area contributed by atoms with Crippen LogP contribution in [0.4, 0.5) is 5.69 Å². The maximum Gasteiger partial charge on any atom is 0.306 e. The zero-order valence-corrected chi connectivity index (χ0v) is 20.4. The number of amides is 1. The fourth-order valence-electron chi connectivity index (χ4n) is 5.87. The molecule has 10 nitrogen and oxygen atoms in total. The number of pyridine rings is 1. The molecule has 2 aliphatic carbocycles. The van der Waals surface area contributed by atoms with Crippen molar-refractivity contribution in [1.29, 1.82) is 0 Å². The predicted molar refractivity (Wildman–Crippen MR) is 131 cm³/mol. The number of nitrogens with one attached hydrogen (secondary N) is 2. The standard InChI is InChI=1S/C25H34N6O4/c1-3-31-22-19(14-28-31)21(29-17-6-4-16(5-7-17)24(33)34)18(13-27-22)20-12-25(35-30-20)10-8-15(9-11-25)23(32)26-2/h13-17H,3-12H2,1-2H3,(H,26,32)(H,27,29)(H,33,34). The molecule has 0 saturated heterocycles. The van der Waals surface area contributed by atoms with E-state index in [2.05, 4.69) is 20.9 Å². The van der Waals surface area contributed by atoms with Crippen molar-refractivity contribution in [3.63, 3.8) is 0 Å². The van der Waals surface area contributed by atoms with Crippen molar-refractivity contribution in [3.8, 4) is 0 Å². The Morgan fingerprint density at radius 2 is 1.89 bits per heavy atom. The molecule has 0 radical (unpaired) electrons. The molecule has 0 atom stereocenters. The number of oxime groups is 1. The number of fused-ring (bicyclic) bond motifs is 1. The molecule has 5 rings (SSSR count). The molecule has 2 saturated carbocycles. The van der Waals surface area contributed by atoms with Crippen molar-refractivity contribution in [3.05, 3.63) is 18.0 Å². The van der Waals surface area contributed by atoms with Gasteiger partial charge < -0.3 is 20.6 Å². The monoisotopic (exact) mass is 482 g/mol. The number of hydrogen-bond acceptors (Lipinski definition) is 7. The van der Waals surface area contributed by atoms with Gasteiger partial charge in [0, 0.05) is 43.7 Å². The highest BCUT2D eigenvalue weighted by Crippen LogP contribution is 2.43. The first-order chi connectivity index (χ1) is 16.9. The zero-order valence-electron chi connectivity index (χ0n) is 20.4. The second kappa shape index (κ2) is 9.47. The van der Waals surface area contributed by atoms with Crippen LogP contribution < -0.4 is 10.6 Å². The zero-order chi connectivity index (χ0) is 24.6. The summed E-state index contributed by atoms with van der Waals surface area (Å²) in [5.41, 5.74) is 3.19. The number of carbonyl (C=O) groups is 2. The van der Waals surface area contributed by atoms with Crippen molar-refractivity contribution >= 4 is 34.3 Å². The Bertz CT molecular complexity index is 1140. The maximum atomic E-state index is 12.1. The number of hydrogen-bond donors (Lipinski definition) is 3. The maximum absolute atomic E-state index is 12.1. The van der Waals surface area contributed by atoms with Gasteiger partial charge in [-0.25, -0.2) is 9.67 Å². The highest BCUT2D eigenvalue weighted by Gasteiger charge is 2.44. The molecule has 0 bridgehead atoms.